The number of carboxylic acid groups (broad SMARTS) is 1. The number of likely N-dealkylation sites (tertiary alicyclic amines) is 1. The number of hydrogen-bond acceptors (Lipinski definition) is 16. The highest BCUT2D eigenvalue weighted by molar-refractivity contribution is 8.01. The topological polar surface area (TPSA) is 376 Å². The highest BCUT2D eigenvalue weighted by Gasteiger charge is 2.44. The van der Waals surface area contributed by atoms with Crippen molar-refractivity contribution < 1.29 is 77.2 Å². The number of hydrogen-bond donors (Lipinski definition) is 10. The number of amides is 11. The molecule has 103 heavy (non-hydrogen) atoms. The third-order valence-corrected chi connectivity index (χ3v) is 21.5. The van der Waals surface area contributed by atoms with Crippen molar-refractivity contribution in [2.24, 2.45) is 41.2 Å². The lowest BCUT2D eigenvalue weighted by Crippen LogP contribution is -2.60. The summed E-state index contributed by atoms with van der Waals surface area (Å²) in [5.41, 5.74) is 6.79. The summed E-state index contributed by atoms with van der Waals surface area (Å²) < 4.78 is 17.5. The molecule has 2 aromatic carbocycles. The highest BCUT2D eigenvalue weighted by Crippen LogP contribution is 2.39. The number of unbranched alkanes of at least 4 members (excludes halogenated alkanes) is 2. The molecule has 1 heterocycles. The molecule has 0 spiro atoms. The van der Waals surface area contributed by atoms with Gasteiger partial charge >= 0.3 is 18.1 Å². The molecule has 0 bridgehead atoms. The number of rotatable bonds is 45. The Balaban J connectivity index is 1.66. The van der Waals surface area contributed by atoms with Gasteiger partial charge in [-0.05, 0) is 98.3 Å². The fourth-order valence-electron chi connectivity index (χ4n) is 12.9. The SMILES string of the molecule is CCC(C)C(C)(C)SC(CC(=O)O)C(=O)NCCCCCC(=O)N[C@H](C(=O)N[C@@H](CCCNC(N)=O)C(=O)Nc1ccc(COC(=O)N(C)[C@H](C(=O)N[C@H](C(=O)N(C)[C@@H]([C@@H](C)CC)[C@@H](CC(=O)N2CCC[C@H]2[C@H](OC)[C@@H](C)C(=O)N[C@H](C)[C@@H](O)c2ccccc2)OC)C(C)C)C(C)C)cc1)C(C)C. The maximum absolute atomic E-state index is 14.8. The van der Waals surface area contributed by atoms with Gasteiger partial charge in [-0.2, -0.15) is 0 Å². The number of aliphatic carboxylic acids is 1. The Labute approximate surface area is 615 Å². The first-order valence-electron chi connectivity index (χ1n) is 36.5. The normalized spacial score (nSPS) is 17.0. The van der Waals surface area contributed by atoms with Crippen LogP contribution >= 0.6 is 11.8 Å². The van der Waals surface area contributed by atoms with Crippen molar-refractivity contribution in [3.63, 3.8) is 0 Å². The van der Waals surface area contributed by atoms with E-state index < -0.39 is 137 Å². The second kappa shape index (κ2) is 44.3. The number of nitrogens with zero attached hydrogens (tertiary/aromatic N) is 3. The van der Waals surface area contributed by atoms with Gasteiger partial charge in [-0.25, -0.2) is 9.59 Å². The molecule has 1 aliphatic heterocycles. The third kappa shape index (κ3) is 28.4. The van der Waals surface area contributed by atoms with Crippen molar-refractivity contribution in [3.05, 3.63) is 65.7 Å². The molecule has 580 valence electrons. The van der Waals surface area contributed by atoms with Crippen molar-refractivity contribution in [3.8, 4) is 0 Å². The number of carboxylic acids is 1. The van der Waals surface area contributed by atoms with Gasteiger partial charge in [0.15, 0.2) is 0 Å². The lowest BCUT2D eigenvalue weighted by molar-refractivity contribution is -0.148. The summed E-state index contributed by atoms with van der Waals surface area (Å²) >= 11 is 1.36. The minimum Gasteiger partial charge on any atom is -0.481 e. The lowest BCUT2D eigenvalue weighted by Gasteiger charge is -2.41. The molecule has 27 nitrogen and oxygen atoms in total. The van der Waals surface area contributed by atoms with Crippen LogP contribution in [0.4, 0.5) is 15.3 Å². The van der Waals surface area contributed by atoms with Crippen molar-refractivity contribution in [1.82, 2.24) is 46.6 Å². The van der Waals surface area contributed by atoms with Crippen LogP contribution in [-0.4, -0.2) is 203 Å². The van der Waals surface area contributed by atoms with Gasteiger partial charge in [0.05, 0.1) is 60.4 Å². The first-order valence-corrected chi connectivity index (χ1v) is 37.4. The van der Waals surface area contributed by atoms with E-state index in [4.69, 9.17) is 19.9 Å². The predicted octanol–water partition coefficient (Wildman–Crippen LogP) is 7.67. The summed E-state index contributed by atoms with van der Waals surface area (Å²) in [6.07, 6.45) is 1.08. The molecule has 3 rings (SSSR count). The number of nitrogens with one attached hydrogen (secondary N) is 7. The van der Waals surface area contributed by atoms with E-state index in [0.29, 0.717) is 68.4 Å². The van der Waals surface area contributed by atoms with Crippen LogP contribution < -0.4 is 43.0 Å². The molecule has 28 heteroatoms. The Bertz CT molecular complexity index is 3050. The van der Waals surface area contributed by atoms with Crippen molar-refractivity contribution in [2.75, 3.05) is 53.3 Å². The summed E-state index contributed by atoms with van der Waals surface area (Å²) in [7, 11) is 6.08. The summed E-state index contributed by atoms with van der Waals surface area (Å²) in [6.45, 7) is 26.8. The summed E-state index contributed by atoms with van der Waals surface area (Å²) in [5, 5.41) is 39.3. The first kappa shape index (κ1) is 89.7. The number of urea groups is 1. The molecule has 1 saturated heterocycles. The van der Waals surface area contributed by atoms with Crippen LogP contribution in [-0.2, 0) is 64.0 Å². The maximum atomic E-state index is 14.8. The molecule has 2 aromatic rings. The van der Waals surface area contributed by atoms with E-state index in [0.717, 1.165) is 6.42 Å². The molecule has 0 aromatic heterocycles. The van der Waals surface area contributed by atoms with Gasteiger partial charge in [-0.1, -0.05) is 152 Å². The molecule has 0 radical (unpaired) electrons. The van der Waals surface area contributed by atoms with Gasteiger partial charge in [0, 0.05) is 64.8 Å². The number of anilines is 1. The minimum atomic E-state index is -1.13. The largest absolute Gasteiger partial charge is 0.481 e. The number of primary amides is 1. The predicted molar refractivity (Wildman–Crippen MR) is 398 cm³/mol. The number of carbonyl (C=O) groups excluding carboxylic acids is 10. The van der Waals surface area contributed by atoms with Gasteiger partial charge < -0.3 is 77.2 Å². The van der Waals surface area contributed by atoms with E-state index in [1.165, 1.54) is 37.9 Å². The molecular formula is C75H123N11O16S. The number of benzene rings is 2. The molecule has 11 N–H and O–H groups in total. The lowest BCUT2D eigenvalue weighted by atomic mass is 9.89. The summed E-state index contributed by atoms with van der Waals surface area (Å²) in [6, 6.07) is 8.68. The van der Waals surface area contributed by atoms with E-state index in [2.05, 4.69) is 51.1 Å². The van der Waals surface area contributed by atoms with Gasteiger partial charge in [-0.15, -0.1) is 11.8 Å². The standard InChI is InChI=1S/C75H123N11O16S/c1-19-47(9)64(56(100-17)41-59(88)86-40-28-32-55(86)66(101-18)49(11)67(92)79-50(12)65(91)52-29-23-21-24-30-52)84(15)72(97)62(45(5)6)83-71(96)63(46(7)8)85(16)74(99)102-43-51-34-36-53(37-35-51)80-68(93)54(31-27-39-78-73(76)98)81-70(95)61(44(3)4)82-58(87)33-25-22-26-38-77-69(94)57(42-60(89)90)103-75(13,14)48(10)20-2/h21,23-24,29-30,34-37,44-50,54-57,61-66,91H,19-20,22,25-28,31-33,38-43H2,1-18H3,(H,77,94)(H,79,92)(H,80,93)(H,81,95)(H,82,87)(H,83,96)(H,89,90)(H3,76,78,98)/t47-,48?,49+,50+,54-,55-,56+,57?,61-,62-,63-,64-,65+,66+/m0/s1. The number of likely N-dealkylation sites (N-methyl/N-ethyl adjacent to an activating group) is 2. The Morgan fingerprint density at radius 3 is 1.88 bits per heavy atom. The monoisotopic (exact) mass is 1470 g/mol. The Kier molecular flexibility index (Phi) is 38.6. The Morgan fingerprint density at radius 1 is 0.689 bits per heavy atom. The number of aliphatic hydroxyl groups is 1. The second-order valence-electron chi connectivity index (χ2n) is 29.0. The van der Waals surface area contributed by atoms with E-state index in [1.807, 2.05) is 45.9 Å². The molecule has 1 fully saturated rings. The molecule has 0 aliphatic carbocycles. The van der Waals surface area contributed by atoms with Crippen LogP contribution in [0.15, 0.2) is 54.6 Å². The maximum Gasteiger partial charge on any atom is 0.410 e. The van der Waals surface area contributed by atoms with Crippen molar-refractivity contribution in [1.29, 1.82) is 0 Å². The molecule has 2 unspecified atom stereocenters. The fourth-order valence-corrected chi connectivity index (χ4v) is 14.5. The molecule has 1 aliphatic rings. The van der Waals surface area contributed by atoms with Gasteiger partial charge in [-0.3, -0.25) is 48.1 Å². The van der Waals surface area contributed by atoms with Gasteiger partial charge in [0.2, 0.25) is 47.3 Å². The molecular weight excluding hydrogens is 1340 g/mol. The highest BCUT2D eigenvalue weighted by atomic mass is 32.2. The second-order valence-corrected chi connectivity index (χ2v) is 30.9. The van der Waals surface area contributed by atoms with Crippen LogP contribution in [0, 0.1) is 35.5 Å². The van der Waals surface area contributed by atoms with E-state index >= 15 is 0 Å². The summed E-state index contributed by atoms with van der Waals surface area (Å²) in [4.78, 5) is 153. The Hall–Kier alpha value is -7.56. The van der Waals surface area contributed by atoms with E-state index in [1.54, 1.807) is 109 Å². The zero-order chi connectivity index (χ0) is 77.6. The zero-order valence-corrected chi connectivity index (χ0v) is 65.1. The zero-order valence-electron chi connectivity index (χ0n) is 64.3. The molecule has 14 atom stereocenters. The summed E-state index contributed by atoms with van der Waals surface area (Å²) in [5.74, 6) is -6.48. The van der Waals surface area contributed by atoms with Crippen LogP contribution in [0.5, 0.6) is 0 Å². The van der Waals surface area contributed by atoms with Crippen LogP contribution in [0.1, 0.15) is 191 Å². The van der Waals surface area contributed by atoms with Crippen molar-refractivity contribution >= 4 is 82.8 Å². The van der Waals surface area contributed by atoms with Gasteiger partial charge in [0.25, 0.3) is 0 Å². The van der Waals surface area contributed by atoms with Gasteiger partial charge in [0.1, 0.15) is 30.8 Å². The van der Waals surface area contributed by atoms with E-state index in [-0.39, 0.29) is 79.6 Å². The smallest absolute Gasteiger partial charge is 0.410 e. The van der Waals surface area contributed by atoms with Crippen molar-refractivity contribution in [2.45, 2.75) is 251 Å². The average Bonchev–Trinajstić information content (AvgIpc) is 1.79. The van der Waals surface area contributed by atoms with Crippen LogP contribution in [0.2, 0.25) is 0 Å². The minimum absolute atomic E-state index is 0.0745. The quantitative estimate of drug-likeness (QED) is 0.0284. The van der Waals surface area contributed by atoms with Crippen LogP contribution in [0.25, 0.3) is 0 Å². The first-order chi connectivity index (χ1) is 48.5. The average molecular weight is 1470 g/mol. The number of carbonyl (C=O) groups is 11. The number of methoxy groups -OCH3 is 2. The van der Waals surface area contributed by atoms with Crippen LogP contribution in [0.3, 0.4) is 0 Å². The number of ether oxygens (including phenoxy) is 3. The number of nitrogens with two attached hydrogens (primary N) is 1. The third-order valence-electron chi connectivity index (χ3n) is 19.8. The molecule has 11 amide bonds. The Morgan fingerprint density at radius 2 is 1.32 bits per heavy atom. The number of aliphatic hydroxyl groups excluding tert-OH is 1. The van der Waals surface area contributed by atoms with E-state index in [9.17, 15) is 63.0 Å². The fraction of sp³-hybridized carbons (Fsp3) is 0.693. The molecule has 0 saturated carbocycles. The number of thioether (sulfide) groups is 1.